The number of rotatable bonds is 4. The minimum absolute atomic E-state index is 0. The Morgan fingerprint density at radius 2 is 1.00 bits per heavy atom. The van der Waals surface area contributed by atoms with E-state index in [0.717, 1.165) is 30.6 Å². The Hall–Kier alpha value is -1.32. The van der Waals surface area contributed by atoms with E-state index in [1.807, 2.05) is 0 Å². The summed E-state index contributed by atoms with van der Waals surface area (Å²) in [5.74, 6) is -0.889. The van der Waals surface area contributed by atoms with Crippen molar-refractivity contribution < 1.29 is 63.3 Å². The summed E-state index contributed by atoms with van der Waals surface area (Å²) in [7, 11) is 9.95. The Labute approximate surface area is 259 Å². The van der Waals surface area contributed by atoms with Gasteiger partial charge in [0.25, 0.3) is 10.5 Å². The van der Waals surface area contributed by atoms with Gasteiger partial charge in [-0.1, -0.05) is 0 Å². The van der Waals surface area contributed by atoms with Gasteiger partial charge in [0.15, 0.2) is 0 Å². The van der Waals surface area contributed by atoms with Crippen LogP contribution in [0.25, 0.3) is 0 Å². The van der Waals surface area contributed by atoms with Crippen molar-refractivity contribution in [3.63, 3.8) is 0 Å². The zero-order valence-corrected chi connectivity index (χ0v) is 27.3. The fourth-order valence-corrected chi connectivity index (χ4v) is 4.39. The van der Waals surface area contributed by atoms with Crippen LogP contribution >= 0.6 is 48.8 Å². The molecule has 14 heteroatoms. The summed E-state index contributed by atoms with van der Waals surface area (Å²) < 4.78 is 9.24. The van der Waals surface area contributed by atoms with Crippen LogP contribution in [0.2, 0.25) is 0 Å². The van der Waals surface area contributed by atoms with Crippen molar-refractivity contribution in [2.45, 2.75) is 19.6 Å². The van der Waals surface area contributed by atoms with E-state index >= 15 is 0 Å². The number of nitrogens with zero attached hydrogens (tertiary/aromatic N) is 2. The van der Waals surface area contributed by atoms with E-state index in [2.05, 4.69) is 30.0 Å². The van der Waals surface area contributed by atoms with Crippen LogP contribution in [0.15, 0.2) is 56.0 Å². The molecule has 2 rings (SSSR count). The van der Waals surface area contributed by atoms with E-state index in [-0.39, 0.29) is 46.0 Å². The average molecular weight is 597 g/mol. The number of thiol groups is 2. The predicted octanol–water partition coefficient (Wildman–Crippen LogP) is 1.05. The van der Waals surface area contributed by atoms with E-state index in [9.17, 15) is 19.2 Å². The van der Waals surface area contributed by atoms with Crippen molar-refractivity contribution in [3.05, 3.63) is 47.5 Å². The molecule has 0 bridgehead atoms. The molecule has 198 valence electrons. The van der Waals surface area contributed by atoms with Crippen LogP contribution < -0.4 is 34.7 Å². The summed E-state index contributed by atoms with van der Waals surface area (Å²) in [5, 5.41) is 7.91. The molecular weight excluding hydrogens is 568 g/mol. The van der Waals surface area contributed by atoms with Gasteiger partial charge >= 0.3 is 41.5 Å². The third-order valence-electron chi connectivity index (χ3n) is 3.77. The Kier molecular flexibility index (Phi) is 20.1. The van der Waals surface area contributed by atoms with Crippen molar-refractivity contribution in [1.29, 1.82) is 0 Å². The number of carbonyl (C=O) groups excluding carboxylic acids is 4. The monoisotopic (exact) mass is 596 g/mol. The summed E-state index contributed by atoms with van der Waals surface area (Å²) in [4.78, 5) is 51.8. The van der Waals surface area contributed by atoms with Gasteiger partial charge in [-0.2, -0.15) is 7.11 Å². The quantitative estimate of drug-likeness (QED) is 0.231. The summed E-state index contributed by atoms with van der Waals surface area (Å²) in [5.41, 5.74) is 0.767. The molecule has 0 radical (unpaired) electrons. The van der Waals surface area contributed by atoms with Gasteiger partial charge in [-0.05, 0) is 59.9 Å². The average Bonchev–Trinajstić information content (AvgIpc) is 2.83. The minimum atomic E-state index is -0.515. The number of amides is 2. The number of methoxy groups -OCH3 is 2. The third kappa shape index (κ3) is 14.4. The van der Waals surface area contributed by atoms with Crippen LogP contribution in [0, 0.1) is 0 Å². The van der Waals surface area contributed by atoms with Gasteiger partial charge < -0.3 is 24.4 Å². The Balaban J connectivity index is 0. The summed E-state index contributed by atoms with van der Waals surface area (Å²) in [6.45, 7) is 0. The number of hydrogen-bond acceptors (Lipinski definition) is 11. The Bertz CT molecular complexity index is 1010. The van der Waals surface area contributed by atoms with Gasteiger partial charge in [0.2, 0.25) is 0 Å². The van der Waals surface area contributed by atoms with Crippen LogP contribution in [0.4, 0.5) is 9.59 Å². The molecule has 2 aromatic rings. The molecule has 0 unspecified atom stereocenters. The van der Waals surface area contributed by atoms with Crippen LogP contribution in [-0.2, 0) is 9.47 Å². The molecule has 9 nitrogen and oxygen atoms in total. The predicted molar refractivity (Wildman–Crippen MR) is 146 cm³/mol. The zero-order valence-electron chi connectivity index (χ0n) is 21.9. The first-order chi connectivity index (χ1) is 16.9. The standard InChI is InChI=1S/C14H18N2O4S2.C8H8O2S2.CH3O.Na/c1-15(2)13(18)21-10-6-9(12(17)20-5)7-11(8-10)22-14(19)16(3)4;1-10-8(9)5-2-6(11)4-7(12)3-5;1-2;/h6-8H,1-5H3;2-4,11-12H,1H3;1H3;/q;;-1;+1. The molecule has 0 atom stereocenters. The van der Waals surface area contributed by atoms with Crippen molar-refractivity contribution >= 4 is 71.2 Å². The maximum absolute atomic E-state index is 11.8. The molecule has 0 aliphatic carbocycles. The maximum atomic E-state index is 11.8. The maximum Gasteiger partial charge on any atom is 1.00 e. The van der Waals surface area contributed by atoms with Gasteiger partial charge in [-0.3, -0.25) is 9.59 Å². The minimum Gasteiger partial charge on any atom is -0.857 e. The van der Waals surface area contributed by atoms with Crippen LogP contribution in [-0.4, -0.2) is 81.7 Å². The molecule has 0 aliphatic heterocycles. The largest absolute Gasteiger partial charge is 1.00 e. The van der Waals surface area contributed by atoms with Gasteiger partial charge in [0.1, 0.15) is 0 Å². The number of benzene rings is 2. The fraction of sp³-hybridized carbons (Fsp3) is 0.304. The van der Waals surface area contributed by atoms with E-state index < -0.39 is 5.97 Å². The van der Waals surface area contributed by atoms with E-state index in [1.165, 1.54) is 24.0 Å². The molecule has 0 saturated carbocycles. The summed E-state index contributed by atoms with van der Waals surface area (Å²) in [6, 6.07) is 9.86. The molecule has 0 saturated heterocycles. The number of esters is 2. The van der Waals surface area contributed by atoms with Gasteiger partial charge in [-0.15, -0.1) is 25.3 Å². The Morgan fingerprint density at radius 1 is 0.676 bits per heavy atom. The zero-order chi connectivity index (χ0) is 28.0. The molecule has 0 N–H and O–H groups in total. The number of carbonyl (C=O) groups is 4. The summed E-state index contributed by atoms with van der Waals surface area (Å²) >= 11 is 10.2. The van der Waals surface area contributed by atoms with Crippen molar-refractivity contribution in [2.75, 3.05) is 49.5 Å². The molecule has 0 aromatic heterocycles. The first kappa shape index (κ1) is 37.8. The third-order valence-corrected chi connectivity index (χ3v) is 6.30. The second-order valence-corrected chi connectivity index (χ2v) is 10.0. The molecule has 0 heterocycles. The first-order valence-corrected chi connectivity index (χ1v) is 12.4. The smallest absolute Gasteiger partial charge is 0.857 e. The second-order valence-electron chi connectivity index (χ2n) is 6.94. The molecule has 0 spiro atoms. The van der Waals surface area contributed by atoms with Crippen LogP contribution in [0.1, 0.15) is 20.7 Å². The molecule has 0 fully saturated rings. The fourth-order valence-electron chi connectivity index (χ4n) is 2.14. The van der Waals surface area contributed by atoms with Gasteiger partial charge in [0.05, 0.1) is 25.3 Å². The second kappa shape index (κ2) is 19.7. The molecule has 2 amide bonds. The number of thioether (sulfide) groups is 2. The Morgan fingerprint density at radius 3 is 1.30 bits per heavy atom. The van der Waals surface area contributed by atoms with Crippen LogP contribution in [0.5, 0.6) is 0 Å². The van der Waals surface area contributed by atoms with Crippen molar-refractivity contribution in [1.82, 2.24) is 9.80 Å². The van der Waals surface area contributed by atoms with E-state index in [4.69, 9.17) is 9.84 Å². The molecule has 37 heavy (non-hydrogen) atoms. The summed E-state index contributed by atoms with van der Waals surface area (Å²) in [6.07, 6.45) is 0. The SMILES string of the molecule is COC(=O)c1cc(S)cc(S)c1.COC(=O)c1cc(SC(=O)N(C)C)cc(SC(=O)N(C)C)c1.C[O-].[Na+]. The van der Waals surface area contributed by atoms with Crippen molar-refractivity contribution in [3.8, 4) is 0 Å². The topological polar surface area (TPSA) is 116 Å². The normalized spacial score (nSPS) is 9.24. The van der Waals surface area contributed by atoms with Crippen LogP contribution in [0.3, 0.4) is 0 Å². The van der Waals surface area contributed by atoms with Crippen molar-refractivity contribution in [2.24, 2.45) is 0 Å². The van der Waals surface area contributed by atoms with E-state index in [1.54, 1.807) is 64.6 Å². The number of ether oxygens (including phenoxy) is 2. The van der Waals surface area contributed by atoms with E-state index in [0.29, 0.717) is 30.7 Å². The molecule has 2 aromatic carbocycles. The molecular formula is C23H29N2NaO7S4. The van der Waals surface area contributed by atoms with Gasteiger partial charge in [-0.25, -0.2) is 9.59 Å². The molecule has 0 aliphatic rings. The first-order valence-electron chi connectivity index (χ1n) is 9.91. The van der Waals surface area contributed by atoms with Gasteiger partial charge in [0, 0.05) is 47.8 Å². The number of hydrogen-bond donors (Lipinski definition) is 2.